The zero-order valence-corrected chi connectivity index (χ0v) is 13.3. The van der Waals surface area contributed by atoms with Crippen molar-refractivity contribution in [1.29, 1.82) is 0 Å². The second-order valence-electron chi connectivity index (χ2n) is 5.22. The number of piperidine rings is 1. The number of benzene rings is 1. The number of rotatable bonds is 1. The topological polar surface area (TPSA) is 18.8 Å². The van der Waals surface area contributed by atoms with Gasteiger partial charge in [0.05, 0.1) is 0 Å². The van der Waals surface area contributed by atoms with E-state index in [1.165, 1.54) is 24.8 Å². The van der Waals surface area contributed by atoms with Crippen molar-refractivity contribution >= 4 is 34.3 Å². The molecule has 0 N–H and O–H groups in total. The second kappa shape index (κ2) is 6.14. The maximum absolute atomic E-state index is 5.45. The summed E-state index contributed by atoms with van der Waals surface area (Å²) in [5.74, 6) is 0. The maximum atomic E-state index is 5.45. The van der Waals surface area contributed by atoms with E-state index in [9.17, 15) is 0 Å². The van der Waals surface area contributed by atoms with Crippen LogP contribution in [0.1, 0.15) is 30.2 Å². The molecule has 0 saturated carbocycles. The number of thioether (sulfide) groups is 1. The van der Waals surface area contributed by atoms with Gasteiger partial charge >= 0.3 is 0 Å². The number of nitrogens with zero attached hydrogens (tertiary/aromatic N) is 3. The fourth-order valence-corrected chi connectivity index (χ4v) is 4.14. The summed E-state index contributed by atoms with van der Waals surface area (Å²) in [5.41, 5.74) is 1.28. The van der Waals surface area contributed by atoms with Crippen LogP contribution in [-0.4, -0.2) is 40.2 Å². The first-order valence-electron chi connectivity index (χ1n) is 7.08. The van der Waals surface area contributed by atoms with Gasteiger partial charge in [0.15, 0.2) is 10.3 Å². The number of aliphatic imine (C=N–C) groups is 1. The molecular weight excluding hydrogens is 286 g/mol. The molecule has 1 fully saturated rings. The monoisotopic (exact) mass is 305 g/mol. The van der Waals surface area contributed by atoms with Gasteiger partial charge in [0, 0.05) is 20.1 Å². The molecule has 2 aliphatic heterocycles. The van der Waals surface area contributed by atoms with Crippen molar-refractivity contribution in [1.82, 2.24) is 9.80 Å². The molecule has 1 atom stereocenters. The van der Waals surface area contributed by atoms with Crippen LogP contribution in [0.2, 0.25) is 0 Å². The Morgan fingerprint density at radius 3 is 2.55 bits per heavy atom. The third kappa shape index (κ3) is 2.83. The van der Waals surface area contributed by atoms with Crippen LogP contribution in [0, 0.1) is 0 Å². The summed E-state index contributed by atoms with van der Waals surface area (Å²) in [5, 5.41) is 2.03. The highest BCUT2D eigenvalue weighted by Gasteiger charge is 2.29. The summed E-state index contributed by atoms with van der Waals surface area (Å²) in [4.78, 5) is 9.10. The smallest absolute Gasteiger partial charge is 0.198 e. The number of thiocarbonyl (C=S) groups is 1. The molecular formula is C15H19N3S2. The highest BCUT2D eigenvalue weighted by Crippen LogP contribution is 2.37. The molecule has 5 heteroatoms. The molecule has 1 aromatic rings. The van der Waals surface area contributed by atoms with Crippen LogP contribution < -0.4 is 0 Å². The molecule has 1 aromatic carbocycles. The predicted octanol–water partition coefficient (Wildman–Crippen LogP) is 3.49. The van der Waals surface area contributed by atoms with Gasteiger partial charge < -0.3 is 9.80 Å². The Morgan fingerprint density at radius 1 is 1.15 bits per heavy atom. The van der Waals surface area contributed by atoms with Gasteiger partial charge in [-0.15, -0.1) is 0 Å². The fraction of sp³-hybridized carbons (Fsp3) is 0.467. The molecule has 2 aliphatic rings. The second-order valence-corrected chi connectivity index (χ2v) is 6.63. The van der Waals surface area contributed by atoms with E-state index < -0.39 is 0 Å². The molecule has 0 unspecified atom stereocenters. The molecule has 0 aromatic heterocycles. The Morgan fingerprint density at radius 2 is 1.85 bits per heavy atom. The highest BCUT2D eigenvalue weighted by molar-refractivity contribution is 8.14. The van der Waals surface area contributed by atoms with Crippen LogP contribution >= 0.6 is 24.0 Å². The summed E-state index contributed by atoms with van der Waals surface area (Å²) in [6.07, 6.45) is 3.86. The van der Waals surface area contributed by atoms with Gasteiger partial charge in [-0.25, -0.2) is 0 Å². The van der Waals surface area contributed by atoms with Crippen LogP contribution in [0.3, 0.4) is 0 Å². The molecule has 0 spiro atoms. The Balaban J connectivity index is 1.83. The lowest BCUT2D eigenvalue weighted by Crippen LogP contribution is -2.40. The molecule has 3 nitrogen and oxygen atoms in total. The summed E-state index contributed by atoms with van der Waals surface area (Å²) in [6, 6.07) is 10.5. The van der Waals surface area contributed by atoms with E-state index in [1.807, 2.05) is 18.8 Å². The number of hydrogen-bond donors (Lipinski definition) is 0. The van der Waals surface area contributed by atoms with E-state index >= 15 is 0 Å². The van der Waals surface area contributed by atoms with E-state index in [4.69, 9.17) is 12.2 Å². The number of hydrogen-bond acceptors (Lipinski definition) is 3. The summed E-state index contributed by atoms with van der Waals surface area (Å²) < 4.78 is 0. The van der Waals surface area contributed by atoms with E-state index in [1.54, 1.807) is 0 Å². The summed E-state index contributed by atoms with van der Waals surface area (Å²) in [6.45, 7) is 2.22. The Hall–Kier alpha value is -1.07. The third-order valence-corrected chi connectivity index (χ3v) is 5.52. The quantitative estimate of drug-likeness (QED) is 0.739. The lowest BCUT2D eigenvalue weighted by molar-refractivity contribution is 0.346. The first kappa shape index (κ1) is 13.9. The maximum Gasteiger partial charge on any atom is 0.198 e. The lowest BCUT2D eigenvalue weighted by atomic mass is 10.1. The average Bonchev–Trinajstić information content (AvgIpc) is 2.51. The van der Waals surface area contributed by atoms with Crippen LogP contribution in [0.15, 0.2) is 35.3 Å². The van der Waals surface area contributed by atoms with Gasteiger partial charge in [0.25, 0.3) is 0 Å². The minimum absolute atomic E-state index is 0.234. The lowest BCUT2D eigenvalue weighted by Gasteiger charge is -2.37. The molecule has 20 heavy (non-hydrogen) atoms. The van der Waals surface area contributed by atoms with E-state index in [0.717, 1.165) is 18.3 Å². The van der Waals surface area contributed by atoms with E-state index in [-0.39, 0.29) is 5.37 Å². The zero-order valence-electron chi connectivity index (χ0n) is 11.7. The zero-order chi connectivity index (χ0) is 13.9. The summed E-state index contributed by atoms with van der Waals surface area (Å²) >= 11 is 7.27. The Labute approximate surface area is 130 Å². The molecule has 0 aliphatic carbocycles. The van der Waals surface area contributed by atoms with Gasteiger partial charge in [-0.3, -0.25) is 0 Å². The Bertz CT molecular complexity index is 509. The van der Waals surface area contributed by atoms with Crippen molar-refractivity contribution in [3.63, 3.8) is 0 Å². The molecule has 1 saturated heterocycles. The van der Waals surface area contributed by atoms with Crippen LogP contribution in [0.4, 0.5) is 0 Å². The van der Waals surface area contributed by atoms with Crippen molar-refractivity contribution in [3.8, 4) is 0 Å². The molecule has 2 heterocycles. The molecule has 106 valence electrons. The normalized spacial score (nSPS) is 23.8. The number of amidine groups is 1. The van der Waals surface area contributed by atoms with Crippen molar-refractivity contribution in [3.05, 3.63) is 35.9 Å². The van der Waals surface area contributed by atoms with Gasteiger partial charge in [-0.2, -0.15) is 4.99 Å². The van der Waals surface area contributed by atoms with Gasteiger partial charge in [0.2, 0.25) is 0 Å². The largest absolute Gasteiger partial charge is 0.351 e. The third-order valence-electron chi connectivity index (χ3n) is 3.77. The first-order valence-corrected chi connectivity index (χ1v) is 8.36. The van der Waals surface area contributed by atoms with Crippen LogP contribution in [-0.2, 0) is 0 Å². The van der Waals surface area contributed by atoms with E-state index in [0.29, 0.717) is 5.11 Å². The van der Waals surface area contributed by atoms with Gasteiger partial charge in [-0.1, -0.05) is 42.1 Å². The van der Waals surface area contributed by atoms with Crippen LogP contribution in [0.25, 0.3) is 0 Å². The first-order chi connectivity index (χ1) is 9.75. The van der Waals surface area contributed by atoms with Crippen molar-refractivity contribution in [2.24, 2.45) is 4.99 Å². The minimum Gasteiger partial charge on any atom is -0.351 e. The average molecular weight is 305 g/mol. The minimum atomic E-state index is 0.234. The number of likely N-dealkylation sites (tertiary alicyclic amines) is 1. The molecule has 0 bridgehead atoms. The molecule has 0 radical (unpaired) electrons. The van der Waals surface area contributed by atoms with Crippen molar-refractivity contribution < 1.29 is 0 Å². The Kier molecular flexibility index (Phi) is 4.27. The summed E-state index contributed by atoms with van der Waals surface area (Å²) in [7, 11) is 2.03. The fourth-order valence-electron chi connectivity index (χ4n) is 2.61. The van der Waals surface area contributed by atoms with Gasteiger partial charge in [0.1, 0.15) is 5.37 Å². The predicted molar refractivity (Wildman–Crippen MR) is 90.0 cm³/mol. The van der Waals surface area contributed by atoms with Gasteiger partial charge in [-0.05, 0) is 37.0 Å². The standard InChI is InChI=1S/C15H19N3S2/c1-17-13(12-8-4-2-5-9-12)20-15(16-14(17)19)18-10-6-3-7-11-18/h2,4-5,8-9,13H,3,6-7,10-11H2,1H3/t13-/m1/s1. The highest BCUT2D eigenvalue weighted by atomic mass is 32.2. The molecule has 0 amide bonds. The van der Waals surface area contributed by atoms with Crippen molar-refractivity contribution in [2.75, 3.05) is 20.1 Å². The molecule has 3 rings (SSSR count). The van der Waals surface area contributed by atoms with E-state index in [2.05, 4.69) is 45.1 Å². The van der Waals surface area contributed by atoms with Crippen LogP contribution in [0.5, 0.6) is 0 Å². The van der Waals surface area contributed by atoms with Crippen molar-refractivity contribution in [2.45, 2.75) is 24.6 Å². The SMILES string of the molecule is CN1C(=S)N=C(N2CCCCC2)S[C@@H]1c1ccccc1.